The minimum atomic E-state index is -3.00. The second-order valence-electron chi connectivity index (χ2n) is 15.8. The van der Waals surface area contributed by atoms with Gasteiger partial charge in [0.25, 0.3) is 0 Å². The largest absolute Gasteiger partial charge is 0.456 e. The zero-order valence-corrected chi connectivity index (χ0v) is 32.8. The van der Waals surface area contributed by atoms with E-state index in [4.69, 9.17) is 4.42 Å². The predicted octanol–water partition coefficient (Wildman–Crippen LogP) is 11.3. The summed E-state index contributed by atoms with van der Waals surface area (Å²) in [6.07, 6.45) is 0. The van der Waals surface area contributed by atoms with Gasteiger partial charge >= 0.3 is 0 Å². The lowest BCUT2D eigenvalue weighted by Gasteiger charge is -2.47. The molecule has 2 bridgehead atoms. The van der Waals surface area contributed by atoms with Crippen molar-refractivity contribution in [1.29, 1.82) is 0 Å². The summed E-state index contributed by atoms with van der Waals surface area (Å²) in [5, 5.41) is 7.97. The Kier molecular flexibility index (Phi) is 7.45. The molecule has 0 radical (unpaired) electrons. The van der Waals surface area contributed by atoms with Crippen molar-refractivity contribution in [1.82, 2.24) is 0 Å². The van der Waals surface area contributed by atoms with Gasteiger partial charge in [0, 0.05) is 22.6 Å². The van der Waals surface area contributed by atoms with E-state index in [-0.39, 0.29) is 11.8 Å². The number of furan rings is 1. The average Bonchev–Trinajstić information content (AvgIpc) is 3.69. The maximum atomic E-state index is 6.49. The van der Waals surface area contributed by atoms with Crippen LogP contribution in [0, 0.1) is 0 Å². The molecule has 272 valence electrons. The highest BCUT2D eigenvalue weighted by atomic mass is 28.3. The Hall–Kier alpha value is -7.00. The van der Waals surface area contributed by atoms with Crippen LogP contribution in [-0.2, 0) is 0 Å². The average molecular weight is 755 g/mol. The van der Waals surface area contributed by atoms with E-state index in [1.807, 2.05) is 0 Å². The van der Waals surface area contributed by atoms with E-state index in [9.17, 15) is 0 Å². The molecule has 0 fully saturated rings. The van der Waals surface area contributed by atoms with E-state index in [2.05, 4.69) is 218 Å². The van der Waals surface area contributed by atoms with Gasteiger partial charge < -0.3 is 4.42 Å². The monoisotopic (exact) mass is 754 g/mol. The molecule has 3 aliphatic rings. The van der Waals surface area contributed by atoms with Crippen molar-refractivity contribution in [3.63, 3.8) is 0 Å². The molecular formula is C56H38OSi. The zero-order chi connectivity index (χ0) is 38.2. The van der Waals surface area contributed by atoms with E-state index in [0.717, 1.165) is 16.6 Å². The quantitative estimate of drug-likeness (QED) is 0.122. The Labute approximate surface area is 339 Å². The Morgan fingerprint density at radius 1 is 0.345 bits per heavy atom. The van der Waals surface area contributed by atoms with Crippen LogP contribution in [0.15, 0.2) is 223 Å². The normalized spacial score (nSPS) is 15.2. The predicted molar refractivity (Wildman–Crippen MR) is 243 cm³/mol. The fourth-order valence-electron chi connectivity index (χ4n) is 10.8. The third-order valence-electron chi connectivity index (χ3n) is 13.0. The molecule has 2 unspecified atom stereocenters. The number of hydrogen-bond donors (Lipinski definition) is 0. The molecule has 2 atom stereocenters. The summed E-state index contributed by atoms with van der Waals surface area (Å²) >= 11 is 0. The van der Waals surface area contributed by atoms with E-state index in [0.29, 0.717) is 0 Å². The number of rotatable bonds is 6. The second kappa shape index (κ2) is 13.0. The van der Waals surface area contributed by atoms with Gasteiger partial charge in [-0.05, 0) is 88.5 Å². The van der Waals surface area contributed by atoms with Crippen molar-refractivity contribution in [3.8, 4) is 22.3 Å². The summed E-state index contributed by atoms with van der Waals surface area (Å²) < 4.78 is 6.49. The Balaban J connectivity index is 1.20. The van der Waals surface area contributed by atoms with Gasteiger partial charge in [-0.15, -0.1) is 0 Å². The summed E-state index contributed by atoms with van der Waals surface area (Å²) in [5.74, 6) is 0.143. The molecule has 9 aromatic carbocycles. The Morgan fingerprint density at radius 2 is 0.862 bits per heavy atom. The van der Waals surface area contributed by atoms with Gasteiger partial charge in [0.2, 0.25) is 0 Å². The van der Waals surface area contributed by atoms with Gasteiger partial charge in [0.1, 0.15) is 11.2 Å². The SMILES string of the molecule is c1ccc(-c2cccc([Si](c3ccccc3)(c3ccccc3)c3cccc4c3C3c5ccccc5C4c4cccc(-c5cccc6oc7ccccc7c56)c43)c2)cc1. The highest BCUT2D eigenvalue weighted by Gasteiger charge is 2.49. The third-order valence-corrected chi connectivity index (χ3v) is 17.8. The molecule has 1 aromatic heterocycles. The number of benzene rings is 9. The van der Waals surface area contributed by atoms with Crippen LogP contribution in [0.2, 0.25) is 0 Å². The van der Waals surface area contributed by atoms with Crippen LogP contribution in [0.25, 0.3) is 44.2 Å². The van der Waals surface area contributed by atoms with Crippen molar-refractivity contribution in [2.24, 2.45) is 0 Å². The molecule has 58 heavy (non-hydrogen) atoms. The van der Waals surface area contributed by atoms with Crippen LogP contribution in [0.5, 0.6) is 0 Å². The van der Waals surface area contributed by atoms with Crippen LogP contribution in [0.3, 0.4) is 0 Å². The molecule has 3 aliphatic carbocycles. The van der Waals surface area contributed by atoms with E-state index in [1.54, 1.807) is 0 Å². The first kappa shape index (κ1) is 33.2. The highest BCUT2D eigenvalue weighted by Crippen LogP contribution is 2.58. The van der Waals surface area contributed by atoms with Gasteiger partial charge in [0.05, 0.1) is 0 Å². The molecule has 0 aliphatic heterocycles. The van der Waals surface area contributed by atoms with Gasteiger partial charge in [-0.2, -0.15) is 0 Å². The molecule has 0 saturated carbocycles. The van der Waals surface area contributed by atoms with Gasteiger partial charge in [-0.3, -0.25) is 0 Å². The molecule has 2 heteroatoms. The third kappa shape index (κ3) is 4.70. The molecule has 10 aromatic rings. The van der Waals surface area contributed by atoms with Crippen molar-refractivity contribution < 1.29 is 4.42 Å². The van der Waals surface area contributed by atoms with Crippen LogP contribution in [-0.4, -0.2) is 8.07 Å². The van der Waals surface area contributed by atoms with Crippen LogP contribution >= 0.6 is 0 Å². The van der Waals surface area contributed by atoms with Crippen molar-refractivity contribution in [2.75, 3.05) is 0 Å². The molecule has 0 amide bonds. The van der Waals surface area contributed by atoms with Gasteiger partial charge in [-0.1, -0.05) is 206 Å². The number of fused-ring (bicyclic) bond motifs is 3. The maximum absolute atomic E-state index is 6.49. The van der Waals surface area contributed by atoms with Crippen molar-refractivity contribution in [3.05, 3.63) is 252 Å². The first-order valence-electron chi connectivity index (χ1n) is 20.3. The zero-order valence-electron chi connectivity index (χ0n) is 31.8. The summed E-state index contributed by atoms with van der Waals surface area (Å²) in [6, 6.07) is 81.8. The minimum Gasteiger partial charge on any atom is -0.456 e. The van der Waals surface area contributed by atoms with E-state index >= 15 is 0 Å². The molecule has 0 N–H and O–H groups in total. The lowest BCUT2D eigenvalue weighted by Crippen LogP contribution is -2.75. The summed E-state index contributed by atoms with van der Waals surface area (Å²) in [5.41, 5.74) is 15.4. The molecule has 1 heterocycles. The first-order valence-corrected chi connectivity index (χ1v) is 22.3. The van der Waals surface area contributed by atoms with E-state index < -0.39 is 8.07 Å². The van der Waals surface area contributed by atoms with Crippen molar-refractivity contribution >= 4 is 50.8 Å². The van der Waals surface area contributed by atoms with Crippen molar-refractivity contribution in [2.45, 2.75) is 11.8 Å². The first-order chi connectivity index (χ1) is 28.8. The van der Waals surface area contributed by atoms with Gasteiger partial charge in [0.15, 0.2) is 8.07 Å². The lowest BCUT2D eigenvalue weighted by molar-refractivity contribution is 0.669. The summed E-state index contributed by atoms with van der Waals surface area (Å²) in [4.78, 5) is 0. The fourth-order valence-corrected chi connectivity index (χ4v) is 15.8. The molecule has 0 spiro atoms. The standard InChI is InChI=1S/C56H38OSi/c1-4-18-37(19-5-1)38-20-14-25-41(36-38)58(39-21-6-2-7-22-39,40-23-8-3-9-24-40)51-35-17-32-48-52-42-26-10-11-27-45(42)56(55(48)51)54-44(29-15-31-47(52)54)43-30-16-34-50-53(43)46-28-12-13-33-49(46)57-50/h1-36,52,56H. The minimum absolute atomic E-state index is 0.0311. The Bertz CT molecular complexity index is 3140. The smallest absolute Gasteiger partial charge is 0.179 e. The molecule has 13 rings (SSSR count). The summed E-state index contributed by atoms with van der Waals surface area (Å²) in [7, 11) is -3.00. The van der Waals surface area contributed by atoms with E-state index in [1.165, 1.54) is 81.8 Å². The number of para-hydroxylation sites is 1. The second-order valence-corrected chi connectivity index (χ2v) is 19.6. The Morgan fingerprint density at radius 3 is 1.62 bits per heavy atom. The van der Waals surface area contributed by atoms with Crippen LogP contribution in [0.1, 0.15) is 45.2 Å². The maximum Gasteiger partial charge on any atom is 0.179 e. The molecular weight excluding hydrogens is 717 g/mol. The number of hydrogen-bond acceptors (Lipinski definition) is 1. The van der Waals surface area contributed by atoms with Crippen LogP contribution < -0.4 is 20.7 Å². The molecule has 0 saturated heterocycles. The van der Waals surface area contributed by atoms with Gasteiger partial charge in [-0.25, -0.2) is 0 Å². The van der Waals surface area contributed by atoms with Crippen LogP contribution in [0.4, 0.5) is 0 Å². The highest BCUT2D eigenvalue weighted by molar-refractivity contribution is 7.20. The topological polar surface area (TPSA) is 13.1 Å². The molecule has 1 nitrogen and oxygen atoms in total. The fraction of sp³-hybridized carbons (Fsp3) is 0.0357. The lowest BCUT2D eigenvalue weighted by atomic mass is 9.60. The summed E-state index contributed by atoms with van der Waals surface area (Å²) in [6.45, 7) is 0.